The van der Waals surface area contributed by atoms with Crippen LogP contribution in [-0.2, 0) is 0 Å². The molecule has 3 atom stereocenters. The van der Waals surface area contributed by atoms with Gasteiger partial charge in [-0.25, -0.2) is 0 Å². The molecule has 0 spiro atoms. The van der Waals surface area contributed by atoms with Crippen molar-refractivity contribution in [2.45, 2.75) is 69.9 Å². The Balaban J connectivity index is 1.76. The quantitative estimate of drug-likeness (QED) is 0.888. The van der Waals surface area contributed by atoms with E-state index in [1.165, 1.54) is 31.2 Å². The molecule has 0 radical (unpaired) electrons. The molecule has 0 amide bonds. The largest absolute Gasteiger partial charge is 0.393 e. The van der Waals surface area contributed by atoms with Crippen LogP contribution in [0.3, 0.4) is 0 Å². The van der Waals surface area contributed by atoms with E-state index < -0.39 is 0 Å². The molecule has 3 heteroatoms. The van der Waals surface area contributed by atoms with E-state index in [1.807, 2.05) is 6.20 Å². The van der Waals surface area contributed by atoms with Gasteiger partial charge in [-0.05, 0) is 55.9 Å². The van der Waals surface area contributed by atoms with Crippen LogP contribution in [0.2, 0.25) is 0 Å². The minimum absolute atomic E-state index is 0.128. The third kappa shape index (κ3) is 2.46. The topological polar surface area (TPSA) is 38.0 Å². The maximum absolute atomic E-state index is 9.91. The summed E-state index contributed by atoms with van der Waals surface area (Å²) >= 11 is 0. The van der Waals surface area contributed by atoms with E-state index in [1.54, 1.807) is 0 Å². The summed E-state index contributed by atoms with van der Waals surface area (Å²) < 4.78 is 2.15. The summed E-state index contributed by atoms with van der Waals surface area (Å²) in [6, 6.07) is 0.418. The van der Waals surface area contributed by atoms with Crippen molar-refractivity contribution < 1.29 is 5.11 Å². The third-order valence-electron chi connectivity index (χ3n) is 4.60. The predicted molar refractivity (Wildman–Crippen MR) is 71.5 cm³/mol. The Morgan fingerprint density at radius 3 is 2.89 bits per heavy atom. The fourth-order valence-electron chi connectivity index (χ4n) is 3.38. The Labute approximate surface area is 109 Å². The molecule has 0 bridgehead atoms. The highest BCUT2D eigenvalue weighted by atomic mass is 16.3. The van der Waals surface area contributed by atoms with Crippen LogP contribution in [0, 0.1) is 5.92 Å². The van der Waals surface area contributed by atoms with E-state index in [4.69, 9.17) is 0 Å². The summed E-state index contributed by atoms with van der Waals surface area (Å²) in [5.74, 6) is 1.47. The lowest BCUT2D eigenvalue weighted by molar-refractivity contribution is 0.0649. The molecule has 100 valence electrons. The zero-order chi connectivity index (χ0) is 12.5. The number of nitrogens with zero attached hydrogens (tertiary/aromatic N) is 2. The average molecular weight is 248 g/mol. The first-order chi connectivity index (χ1) is 8.78. The second-order valence-electron chi connectivity index (χ2n) is 6.11. The van der Waals surface area contributed by atoms with E-state index in [0.717, 1.165) is 25.2 Å². The fraction of sp³-hybridized carbons (Fsp3) is 0.800. The molecule has 1 aromatic heterocycles. The Bertz CT molecular complexity index is 397. The molecule has 1 heterocycles. The average Bonchev–Trinajstić information content (AvgIpc) is 3.10. The molecule has 2 aliphatic rings. The van der Waals surface area contributed by atoms with Crippen LogP contribution in [0.4, 0.5) is 0 Å². The van der Waals surface area contributed by atoms with Gasteiger partial charge in [0.05, 0.1) is 18.3 Å². The van der Waals surface area contributed by atoms with Gasteiger partial charge in [-0.2, -0.15) is 5.10 Å². The number of aromatic nitrogens is 2. The highest BCUT2D eigenvalue weighted by molar-refractivity contribution is 5.17. The first-order valence-corrected chi connectivity index (χ1v) is 7.50. The van der Waals surface area contributed by atoms with Gasteiger partial charge in [-0.15, -0.1) is 0 Å². The summed E-state index contributed by atoms with van der Waals surface area (Å²) in [7, 11) is 0. The lowest BCUT2D eigenvalue weighted by Crippen LogP contribution is -2.30. The molecule has 0 saturated heterocycles. The molecule has 2 saturated carbocycles. The van der Waals surface area contributed by atoms with E-state index >= 15 is 0 Å². The highest BCUT2D eigenvalue weighted by Crippen LogP contribution is 2.41. The van der Waals surface area contributed by atoms with E-state index in [-0.39, 0.29) is 6.10 Å². The molecule has 18 heavy (non-hydrogen) atoms. The third-order valence-corrected chi connectivity index (χ3v) is 4.60. The molecule has 1 N–H and O–H groups in total. The SMILES string of the molecule is CCCC1CCC(O)CC1n1cc(C2CC2)cn1. The van der Waals surface area contributed by atoms with Gasteiger partial charge in [0.15, 0.2) is 0 Å². The van der Waals surface area contributed by atoms with Crippen molar-refractivity contribution in [3.63, 3.8) is 0 Å². The second kappa shape index (κ2) is 5.04. The van der Waals surface area contributed by atoms with Gasteiger partial charge < -0.3 is 5.11 Å². The minimum Gasteiger partial charge on any atom is -0.393 e. The molecule has 2 aliphatic carbocycles. The summed E-state index contributed by atoms with van der Waals surface area (Å²) in [4.78, 5) is 0. The Kier molecular flexibility index (Phi) is 3.42. The molecular weight excluding hydrogens is 224 g/mol. The molecule has 2 fully saturated rings. The number of aliphatic hydroxyl groups excluding tert-OH is 1. The van der Waals surface area contributed by atoms with Crippen LogP contribution in [-0.4, -0.2) is 21.0 Å². The Hall–Kier alpha value is -0.830. The smallest absolute Gasteiger partial charge is 0.0572 e. The lowest BCUT2D eigenvalue weighted by Gasteiger charge is -2.34. The van der Waals surface area contributed by atoms with Gasteiger partial charge in [0.25, 0.3) is 0 Å². The minimum atomic E-state index is -0.128. The van der Waals surface area contributed by atoms with Crippen molar-refractivity contribution in [3.05, 3.63) is 18.0 Å². The van der Waals surface area contributed by atoms with Crippen molar-refractivity contribution in [3.8, 4) is 0 Å². The van der Waals surface area contributed by atoms with Crippen LogP contribution in [0.25, 0.3) is 0 Å². The predicted octanol–water partition coefficient (Wildman–Crippen LogP) is 3.26. The van der Waals surface area contributed by atoms with E-state index in [0.29, 0.717) is 12.0 Å². The molecule has 3 nitrogen and oxygen atoms in total. The molecular formula is C15H24N2O. The lowest BCUT2D eigenvalue weighted by atomic mass is 9.80. The monoisotopic (exact) mass is 248 g/mol. The molecule has 1 aromatic rings. The van der Waals surface area contributed by atoms with Crippen molar-refractivity contribution in [2.75, 3.05) is 0 Å². The van der Waals surface area contributed by atoms with E-state index in [9.17, 15) is 5.11 Å². The fourth-order valence-corrected chi connectivity index (χ4v) is 3.38. The van der Waals surface area contributed by atoms with Crippen LogP contribution in [0.1, 0.15) is 69.4 Å². The summed E-state index contributed by atoms with van der Waals surface area (Å²) in [6.45, 7) is 2.25. The first kappa shape index (κ1) is 12.2. The number of hydrogen-bond donors (Lipinski definition) is 1. The van der Waals surface area contributed by atoms with Crippen LogP contribution in [0.5, 0.6) is 0 Å². The van der Waals surface area contributed by atoms with Gasteiger partial charge in [0.2, 0.25) is 0 Å². The maximum atomic E-state index is 9.91. The summed E-state index contributed by atoms with van der Waals surface area (Å²) in [5.41, 5.74) is 1.41. The van der Waals surface area contributed by atoms with Gasteiger partial charge in [0, 0.05) is 6.20 Å². The Morgan fingerprint density at radius 2 is 2.17 bits per heavy atom. The standard InChI is InChI=1S/C15H24N2O/c1-2-3-12-6-7-14(18)8-15(12)17-10-13(9-16-17)11-4-5-11/h9-12,14-15,18H,2-8H2,1H3. The summed E-state index contributed by atoms with van der Waals surface area (Å²) in [6.07, 6.45) is 12.3. The van der Waals surface area contributed by atoms with Crippen LogP contribution >= 0.6 is 0 Å². The van der Waals surface area contributed by atoms with Crippen molar-refractivity contribution >= 4 is 0 Å². The number of aliphatic hydroxyl groups is 1. The van der Waals surface area contributed by atoms with Gasteiger partial charge in [-0.3, -0.25) is 4.68 Å². The number of hydrogen-bond acceptors (Lipinski definition) is 2. The molecule has 0 aromatic carbocycles. The zero-order valence-corrected chi connectivity index (χ0v) is 11.3. The van der Waals surface area contributed by atoms with E-state index in [2.05, 4.69) is 22.9 Å². The zero-order valence-electron chi connectivity index (χ0n) is 11.3. The summed E-state index contributed by atoms with van der Waals surface area (Å²) in [5, 5.41) is 14.5. The highest BCUT2D eigenvalue weighted by Gasteiger charge is 2.32. The van der Waals surface area contributed by atoms with Gasteiger partial charge in [-0.1, -0.05) is 13.3 Å². The normalized spacial score (nSPS) is 32.7. The van der Waals surface area contributed by atoms with Crippen molar-refractivity contribution in [1.82, 2.24) is 9.78 Å². The van der Waals surface area contributed by atoms with Crippen LogP contribution in [0.15, 0.2) is 12.4 Å². The second-order valence-corrected chi connectivity index (χ2v) is 6.11. The van der Waals surface area contributed by atoms with Crippen molar-refractivity contribution in [2.24, 2.45) is 5.92 Å². The molecule has 3 unspecified atom stereocenters. The molecule has 0 aliphatic heterocycles. The van der Waals surface area contributed by atoms with Gasteiger partial charge in [0.1, 0.15) is 0 Å². The van der Waals surface area contributed by atoms with Gasteiger partial charge >= 0.3 is 0 Å². The number of rotatable bonds is 4. The molecule has 3 rings (SSSR count). The Morgan fingerprint density at radius 1 is 1.33 bits per heavy atom. The van der Waals surface area contributed by atoms with Crippen LogP contribution < -0.4 is 0 Å². The van der Waals surface area contributed by atoms with Crippen molar-refractivity contribution in [1.29, 1.82) is 0 Å². The maximum Gasteiger partial charge on any atom is 0.0572 e. The first-order valence-electron chi connectivity index (χ1n) is 7.50.